The van der Waals surface area contributed by atoms with Crippen LogP contribution in [0.2, 0.25) is 0 Å². The molecule has 1 aromatic rings. The van der Waals surface area contributed by atoms with E-state index in [0.29, 0.717) is 5.56 Å². The van der Waals surface area contributed by atoms with Crippen LogP contribution in [0.3, 0.4) is 0 Å². The second-order valence-electron chi connectivity index (χ2n) is 4.50. The number of carbonyl (C=O) groups is 2. The zero-order chi connectivity index (χ0) is 14.6. The van der Waals surface area contributed by atoms with E-state index in [-0.39, 0.29) is 17.9 Å². The highest BCUT2D eigenvalue weighted by Gasteiger charge is 2.34. The molecule has 104 valence electrons. The van der Waals surface area contributed by atoms with Crippen molar-refractivity contribution in [3.63, 3.8) is 0 Å². The van der Waals surface area contributed by atoms with Crippen molar-refractivity contribution in [2.75, 3.05) is 7.11 Å². The Balaban J connectivity index is 3.03. The summed E-state index contributed by atoms with van der Waals surface area (Å²) >= 11 is 0. The van der Waals surface area contributed by atoms with Gasteiger partial charge in [0, 0.05) is 13.3 Å². The highest BCUT2D eigenvalue weighted by atomic mass is 16.5. The number of hydrogen-bond donors (Lipinski definition) is 3. The Morgan fingerprint density at radius 1 is 1.42 bits per heavy atom. The molecule has 0 aliphatic rings. The van der Waals surface area contributed by atoms with Crippen LogP contribution in [0.15, 0.2) is 18.2 Å². The molecule has 1 aromatic carbocycles. The predicted molar refractivity (Wildman–Crippen MR) is 68.2 cm³/mol. The van der Waals surface area contributed by atoms with Crippen LogP contribution in [0.25, 0.3) is 0 Å². The van der Waals surface area contributed by atoms with Gasteiger partial charge < -0.3 is 20.3 Å². The minimum Gasteiger partial charge on any atom is -0.504 e. The summed E-state index contributed by atoms with van der Waals surface area (Å²) in [4.78, 5) is 22.4. The maximum absolute atomic E-state index is 11.3. The first-order chi connectivity index (χ1) is 8.78. The summed E-state index contributed by atoms with van der Waals surface area (Å²) in [7, 11) is 1.41. The first-order valence-electron chi connectivity index (χ1n) is 5.66. The highest BCUT2D eigenvalue weighted by molar-refractivity contribution is 5.85. The van der Waals surface area contributed by atoms with E-state index in [9.17, 15) is 19.8 Å². The van der Waals surface area contributed by atoms with Gasteiger partial charge in [-0.05, 0) is 24.6 Å². The van der Waals surface area contributed by atoms with Gasteiger partial charge in [-0.1, -0.05) is 6.07 Å². The highest BCUT2D eigenvalue weighted by Crippen LogP contribution is 2.28. The minimum absolute atomic E-state index is 0.0252. The van der Waals surface area contributed by atoms with Crippen molar-refractivity contribution in [1.29, 1.82) is 0 Å². The number of phenolic OH excluding ortho intramolecular Hbond substituents is 1. The number of amides is 1. The van der Waals surface area contributed by atoms with Crippen molar-refractivity contribution in [1.82, 2.24) is 5.32 Å². The number of ether oxygens (including phenoxy) is 1. The molecule has 1 rings (SSSR count). The van der Waals surface area contributed by atoms with Crippen molar-refractivity contribution < 1.29 is 24.5 Å². The lowest BCUT2D eigenvalue weighted by Crippen LogP contribution is -2.53. The lowest BCUT2D eigenvalue weighted by atomic mass is 9.92. The van der Waals surface area contributed by atoms with Gasteiger partial charge in [0.25, 0.3) is 0 Å². The molecule has 0 radical (unpaired) electrons. The van der Waals surface area contributed by atoms with Gasteiger partial charge in [0.15, 0.2) is 11.5 Å². The molecule has 0 aliphatic heterocycles. The second-order valence-corrected chi connectivity index (χ2v) is 4.50. The fourth-order valence-corrected chi connectivity index (χ4v) is 1.80. The van der Waals surface area contributed by atoms with Gasteiger partial charge in [-0.2, -0.15) is 0 Å². The van der Waals surface area contributed by atoms with Gasteiger partial charge in [-0.3, -0.25) is 4.79 Å². The van der Waals surface area contributed by atoms with Crippen LogP contribution in [0, 0.1) is 0 Å². The number of hydrogen-bond acceptors (Lipinski definition) is 4. The molecule has 6 heteroatoms. The van der Waals surface area contributed by atoms with Crippen LogP contribution >= 0.6 is 0 Å². The van der Waals surface area contributed by atoms with Crippen molar-refractivity contribution in [3.8, 4) is 11.5 Å². The number of carboxylic acids is 1. The lowest BCUT2D eigenvalue weighted by molar-refractivity contribution is -0.146. The summed E-state index contributed by atoms with van der Waals surface area (Å²) in [6, 6.07) is 4.55. The number of aromatic hydroxyl groups is 1. The first kappa shape index (κ1) is 14.8. The number of carbonyl (C=O) groups excluding carboxylic acids is 1. The van der Waals surface area contributed by atoms with Gasteiger partial charge in [-0.25, -0.2) is 4.79 Å². The quantitative estimate of drug-likeness (QED) is 0.737. The molecule has 0 bridgehead atoms. The summed E-state index contributed by atoms with van der Waals surface area (Å²) in [6.07, 6.45) is 0.0819. The molecule has 1 amide bonds. The molecule has 3 N–H and O–H groups in total. The molecule has 0 aromatic heterocycles. The third-order valence-electron chi connectivity index (χ3n) is 2.73. The van der Waals surface area contributed by atoms with Crippen LogP contribution in [0.1, 0.15) is 19.4 Å². The van der Waals surface area contributed by atoms with Crippen molar-refractivity contribution in [3.05, 3.63) is 23.8 Å². The fourth-order valence-electron chi connectivity index (χ4n) is 1.80. The Morgan fingerprint density at radius 2 is 2.05 bits per heavy atom. The van der Waals surface area contributed by atoms with Gasteiger partial charge in [0.05, 0.1) is 7.11 Å². The van der Waals surface area contributed by atoms with Gasteiger partial charge >= 0.3 is 5.97 Å². The van der Waals surface area contributed by atoms with Gasteiger partial charge in [0.2, 0.25) is 5.91 Å². The third-order valence-corrected chi connectivity index (χ3v) is 2.73. The third kappa shape index (κ3) is 3.61. The molecule has 0 fully saturated rings. The second kappa shape index (κ2) is 5.60. The zero-order valence-corrected chi connectivity index (χ0v) is 11.1. The molecule has 6 nitrogen and oxygen atoms in total. The molecule has 0 spiro atoms. The molecule has 19 heavy (non-hydrogen) atoms. The van der Waals surface area contributed by atoms with Crippen LogP contribution in [-0.2, 0) is 16.0 Å². The van der Waals surface area contributed by atoms with E-state index in [4.69, 9.17) is 4.74 Å². The number of benzene rings is 1. The molecule has 0 unspecified atom stereocenters. The van der Waals surface area contributed by atoms with Crippen LogP contribution < -0.4 is 10.1 Å². The maximum atomic E-state index is 11.3. The van der Waals surface area contributed by atoms with Crippen LogP contribution in [-0.4, -0.2) is 34.7 Å². The number of phenols is 1. The van der Waals surface area contributed by atoms with E-state index >= 15 is 0 Å². The smallest absolute Gasteiger partial charge is 0.329 e. The number of rotatable bonds is 5. The molecule has 0 saturated carbocycles. The van der Waals surface area contributed by atoms with E-state index in [0.717, 1.165) is 0 Å². The lowest BCUT2D eigenvalue weighted by Gasteiger charge is -2.25. The van der Waals surface area contributed by atoms with E-state index < -0.39 is 17.4 Å². The van der Waals surface area contributed by atoms with Crippen LogP contribution in [0.5, 0.6) is 11.5 Å². The summed E-state index contributed by atoms with van der Waals surface area (Å²) in [5.41, 5.74) is -0.776. The van der Waals surface area contributed by atoms with Crippen LogP contribution in [0.4, 0.5) is 0 Å². The Hall–Kier alpha value is -2.24. The van der Waals surface area contributed by atoms with E-state index in [1.54, 1.807) is 12.1 Å². The Kier molecular flexibility index (Phi) is 4.37. The SMILES string of the molecule is COc1cc(C[C@](C)(NC(C)=O)C(=O)O)ccc1O. The Morgan fingerprint density at radius 3 is 2.53 bits per heavy atom. The standard InChI is InChI=1S/C13H17NO5/c1-8(15)14-13(2,12(17)18)7-9-4-5-10(16)11(6-9)19-3/h4-6,16H,7H2,1-3H3,(H,14,15)(H,17,18)/t13-/m0/s1. The van der Waals surface area contributed by atoms with Crippen molar-refractivity contribution >= 4 is 11.9 Å². The largest absolute Gasteiger partial charge is 0.504 e. The zero-order valence-electron chi connectivity index (χ0n) is 11.1. The topological polar surface area (TPSA) is 95.9 Å². The summed E-state index contributed by atoms with van der Waals surface area (Å²) in [5, 5.41) is 21.1. The number of aliphatic carboxylic acids is 1. The number of carboxylic acid groups (broad SMARTS) is 1. The Labute approximate surface area is 111 Å². The normalized spacial score (nSPS) is 13.4. The van der Waals surface area contributed by atoms with E-state index in [1.807, 2.05) is 0 Å². The van der Waals surface area contributed by atoms with Gasteiger partial charge in [0.1, 0.15) is 5.54 Å². The molecule has 1 atom stereocenters. The average Bonchev–Trinajstić information content (AvgIpc) is 2.30. The Bertz CT molecular complexity index is 500. The number of nitrogens with one attached hydrogen (secondary N) is 1. The van der Waals surface area contributed by atoms with Gasteiger partial charge in [-0.15, -0.1) is 0 Å². The molecule has 0 aliphatic carbocycles. The fraction of sp³-hybridized carbons (Fsp3) is 0.385. The first-order valence-corrected chi connectivity index (χ1v) is 5.66. The summed E-state index contributed by atoms with van der Waals surface area (Å²) in [6.45, 7) is 2.69. The molecule has 0 saturated heterocycles. The van der Waals surface area contributed by atoms with Crippen molar-refractivity contribution in [2.45, 2.75) is 25.8 Å². The molecular weight excluding hydrogens is 250 g/mol. The van der Waals surface area contributed by atoms with Crippen molar-refractivity contribution in [2.24, 2.45) is 0 Å². The molecule has 0 heterocycles. The monoisotopic (exact) mass is 267 g/mol. The summed E-state index contributed by atoms with van der Waals surface area (Å²) < 4.78 is 4.96. The summed E-state index contributed by atoms with van der Waals surface area (Å²) in [5.74, 6) is -1.32. The average molecular weight is 267 g/mol. The molecular formula is C13H17NO5. The maximum Gasteiger partial charge on any atom is 0.329 e. The minimum atomic E-state index is -1.41. The van der Waals surface area contributed by atoms with E-state index in [2.05, 4.69) is 5.32 Å². The number of methoxy groups -OCH3 is 1. The predicted octanol–water partition coefficient (Wildman–Crippen LogP) is 0.923. The van der Waals surface area contributed by atoms with E-state index in [1.165, 1.54) is 27.0 Å².